The normalized spacial score (nSPS) is 13.1. The molecule has 122 valence electrons. The molecule has 0 aliphatic carbocycles. The molecule has 1 aliphatic heterocycles. The van der Waals surface area contributed by atoms with Gasteiger partial charge in [-0.1, -0.05) is 42.5 Å². The average molecular weight is 329 g/mol. The monoisotopic (exact) mass is 329 g/mol. The Bertz CT molecular complexity index is 959. The van der Waals surface area contributed by atoms with Crippen molar-refractivity contribution in [1.82, 2.24) is 0 Å². The van der Waals surface area contributed by atoms with E-state index in [1.165, 1.54) is 4.90 Å². The highest BCUT2D eigenvalue weighted by Crippen LogP contribution is 2.34. The molecule has 0 bridgehead atoms. The molecule has 0 unspecified atom stereocenters. The van der Waals surface area contributed by atoms with Gasteiger partial charge < -0.3 is 4.74 Å². The Kier molecular flexibility index (Phi) is 3.58. The van der Waals surface area contributed by atoms with Gasteiger partial charge in [-0.05, 0) is 35.9 Å². The lowest BCUT2D eigenvalue weighted by Crippen LogP contribution is -2.29. The molecule has 25 heavy (non-hydrogen) atoms. The van der Waals surface area contributed by atoms with Crippen LogP contribution >= 0.6 is 0 Å². The van der Waals surface area contributed by atoms with E-state index in [-0.39, 0.29) is 11.8 Å². The number of carbonyl (C=O) groups is 2. The Labute approximate surface area is 145 Å². The van der Waals surface area contributed by atoms with Gasteiger partial charge in [0.2, 0.25) is 0 Å². The number of anilines is 1. The number of carbonyl (C=O) groups excluding carboxylic acids is 2. The number of rotatable bonds is 3. The minimum Gasteiger partial charge on any atom is -0.496 e. The van der Waals surface area contributed by atoms with E-state index in [4.69, 9.17) is 4.74 Å². The number of hydrogen-bond acceptors (Lipinski definition) is 3. The van der Waals surface area contributed by atoms with E-state index in [1.54, 1.807) is 37.4 Å². The van der Waals surface area contributed by atoms with E-state index in [1.807, 2.05) is 42.5 Å². The minimum atomic E-state index is -0.294. The maximum atomic E-state index is 12.7. The minimum absolute atomic E-state index is 0.294. The van der Waals surface area contributed by atoms with Crippen LogP contribution in [0.15, 0.2) is 72.8 Å². The lowest BCUT2D eigenvalue weighted by molar-refractivity contribution is 0.0926. The third kappa shape index (κ3) is 2.39. The van der Waals surface area contributed by atoms with Crippen molar-refractivity contribution in [2.24, 2.45) is 0 Å². The molecule has 1 aliphatic rings. The van der Waals surface area contributed by atoms with Crippen molar-refractivity contribution in [1.29, 1.82) is 0 Å². The van der Waals surface area contributed by atoms with Crippen molar-refractivity contribution < 1.29 is 14.3 Å². The van der Waals surface area contributed by atoms with Crippen molar-refractivity contribution in [2.75, 3.05) is 12.0 Å². The Hall–Kier alpha value is -3.40. The number of ether oxygens (including phenoxy) is 1. The van der Waals surface area contributed by atoms with Crippen LogP contribution in [0.1, 0.15) is 20.7 Å². The van der Waals surface area contributed by atoms with E-state index in [0.717, 1.165) is 16.9 Å². The molecule has 4 rings (SSSR count). The summed E-state index contributed by atoms with van der Waals surface area (Å²) >= 11 is 0. The molecule has 1 heterocycles. The van der Waals surface area contributed by atoms with Gasteiger partial charge in [0.1, 0.15) is 5.75 Å². The summed E-state index contributed by atoms with van der Waals surface area (Å²) in [6, 6.07) is 21.9. The fourth-order valence-electron chi connectivity index (χ4n) is 3.12. The molecule has 4 nitrogen and oxygen atoms in total. The predicted octanol–water partition coefficient (Wildman–Crippen LogP) is 4.16. The average Bonchev–Trinajstić information content (AvgIpc) is 2.93. The predicted molar refractivity (Wildman–Crippen MR) is 96.0 cm³/mol. The number of methoxy groups -OCH3 is 1. The Balaban J connectivity index is 1.79. The van der Waals surface area contributed by atoms with Gasteiger partial charge in [0.25, 0.3) is 11.8 Å². The summed E-state index contributed by atoms with van der Waals surface area (Å²) in [5.74, 6) is 0.151. The Morgan fingerprint density at radius 2 is 1.32 bits per heavy atom. The van der Waals surface area contributed by atoms with Crippen LogP contribution in [0.2, 0.25) is 0 Å². The third-order valence-corrected chi connectivity index (χ3v) is 4.32. The van der Waals surface area contributed by atoms with Gasteiger partial charge in [-0.2, -0.15) is 0 Å². The number of imide groups is 1. The summed E-state index contributed by atoms with van der Waals surface area (Å²) in [6.07, 6.45) is 0. The largest absolute Gasteiger partial charge is 0.496 e. The highest BCUT2D eigenvalue weighted by atomic mass is 16.5. The SMILES string of the molecule is COc1ccccc1-c1cccc(N2C(=O)c3ccccc3C2=O)c1. The van der Waals surface area contributed by atoms with Crippen molar-refractivity contribution in [3.8, 4) is 16.9 Å². The van der Waals surface area contributed by atoms with Crippen LogP contribution in [0, 0.1) is 0 Å². The number of amides is 2. The van der Waals surface area contributed by atoms with Gasteiger partial charge in [-0.25, -0.2) is 4.90 Å². The first-order valence-corrected chi connectivity index (χ1v) is 7.92. The van der Waals surface area contributed by atoms with Gasteiger partial charge in [0, 0.05) is 5.56 Å². The second-order valence-electron chi connectivity index (χ2n) is 5.74. The summed E-state index contributed by atoms with van der Waals surface area (Å²) in [7, 11) is 1.62. The molecule has 0 atom stereocenters. The van der Waals surface area contributed by atoms with Crippen LogP contribution in [0.3, 0.4) is 0 Å². The van der Waals surface area contributed by atoms with Crippen molar-refractivity contribution in [3.63, 3.8) is 0 Å². The van der Waals surface area contributed by atoms with Crippen molar-refractivity contribution in [3.05, 3.63) is 83.9 Å². The molecule has 4 heteroatoms. The quantitative estimate of drug-likeness (QED) is 0.678. The zero-order valence-corrected chi connectivity index (χ0v) is 13.6. The molecule has 0 radical (unpaired) electrons. The van der Waals surface area contributed by atoms with Gasteiger partial charge in [-0.3, -0.25) is 9.59 Å². The maximum absolute atomic E-state index is 12.7. The van der Waals surface area contributed by atoms with Crippen LogP contribution < -0.4 is 9.64 Å². The van der Waals surface area contributed by atoms with Crippen LogP contribution in [-0.4, -0.2) is 18.9 Å². The fraction of sp³-hybridized carbons (Fsp3) is 0.0476. The molecule has 3 aromatic rings. The van der Waals surface area contributed by atoms with Crippen LogP contribution in [0.4, 0.5) is 5.69 Å². The molecule has 0 aromatic heterocycles. The van der Waals surface area contributed by atoms with Gasteiger partial charge in [0.15, 0.2) is 0 Å². The summed E-state index contributed by atoms with van der Waals surface area (Å²) < 4.78 is 5.41. The van der Waals surface area contributed by atoms with Crippen molar-refractivity contribution in [2.45, 2.75) is 0 Å². The number of hydrogen-bond donors (Lipinski definition) is 0. The van der Waals surface area contributed by atoms with E-state index in [9.17, 15) is 9.59 Å². The Morgan fingerprint density at radius 3 is 1.96 bits per heavy atom. The van der Waals surface area contributed by atoms with Crippen LogP contribution in [-0.2, 0) is 0 Å². The van der Waals surface area contributed by atoms with Crippen LogP contribution in [0.5, 0.6) is 5.75 Å². The second-order valence-corrected chi connectivity index (χ2v) is 5.74. The Morgan fingerprint density at radius 1 is 0.720 bits per heavy atom. The summed E-state index contributed by atoms with van der Waals surface area (Å²) in [4.78, 5) is 26.5. The molecule has 0 saturated heterocycles. The zero-order chi connectivity index (χ0) is 17.4. The van der Waals surface area contributed by atoms with Gasteiger partial charge in [0.05, 0.1) is 23.9 Å². The summed E-state index contributed by atoms with van der Waals surface area (Å²) in [5, 5.41) is 0. The first kappa shape index (κ1) is 15.1. The van der Waals surface area contributed by atoms with E-state index >= 15 is 0 Å². The highest BCUT2D eigenvalue weighted by molar-refractivity contribution is 6.34. The smallest absolute Gasteiger partial charge is 0.266 e. The van der Waals surface area contributed by atoms with E-state index in [0.29, 0.717) is 16.8 Å². The standard InChI is InChI=1S/C21H15NO3/c1-25-19-12-5-4-9-16(19)14-7-6-8-15(13-14)22-20(23)17-10-2-3-11-18(17)21(22)24/h2-13H,1H3. The molecular formula is C21H15NO3. The highest BCUT2D eigenvalue weighted by Gasteiger charge is 2.36. The molecule has 0 saturated carbocycles. The first-order valence-electron chi connectivity index (χ1n) is 7.92. The lowest BCUT2D eigenvalue weighted by Gasteiger charge is -2.16. The number of nitrogens with zero attached hydrogens (tertiary/aromatic N) is 1. The lowest BCUT2D eigenvalue weighted by atomic mass is 10.0. The number of fused-ring (bicyclic) bond motifs is 1. The maximum Gasteiger partial charge on any atom is 0.266 e. The number of benzene rings is 3. The van der Waals surface area contributed by atoms with Crippen molar-refractivity contribution >= 4 is 17.5 Å². The molecular weight excluding hydrogens is 314 g/mol. The van der Waals surface area contributed by atoms with Crippen LogP contribution in [0.25, 0.3) is 11.1 Å². The topological polar surface area (TPSA) is 46.6 Å². The van der Waals surface area contributed by atoms with Gasteiger partial charge in [-0.15, -0.1) is 0 Å². The molecule has 2 amide bonds. The molecule has 0 N–H and O–H groups in total. The van der Waals surface area contributed by atoms with Gasteiger partial charge >= 0.3 is 0 Å². The molecule has 0 fully saturated rings. The second kappa shape index (κ2) is 5.91. The summed E-state index contributed by atoms with van der Waals surface area (Å²) in [6.45, 7) is 0. The first-order chi connectivity index (χ1) is 12.2. The zero-order valence-electron chi connectivity index (χ0n) is 13.6. The van der Waals surface area contributed by atoms with E-state index in [2.05, 4.69) is 0 Å². The summed E-state index contributed by atoms with van der Waals surface area (Å²) in [5.41, 5.74) is 3.22. The fourth-order valence-corrected chi connectivity index (χ4v) is 3.12. The number of para-hydroxylation sites is 1. The third-order valence-electron chi connectivity index (χ3n) is 4.32. The molecule has 3 aromatic carbocycles. The molecule has 0 spiro atoms. The van der Waals surface area contributed by atoms with E-state index < -0.39 is 0 Å².